The van der Waals surface area contributed by atoms with Crippen LogP contribution in [0.5, 0.6) is 0 Å². The number of nitrogens with one attached hydrogen (secondary N) is 1. The van der Waals surface area contributed by atoms with Crippen molar-refractivity contribution in [2.45, 2.75) is 52.5 Å². The van der Waals surface area contributed by atoms with Crippen LogP contribution in [0, 0.1) is 5.92 Å². The van der Waals surface area contributed by atoms with Crippen LogP contribution in [0.3, 0.4) is 0 Å². The minimum atomic E-state index is 0.924. The molecule has 0 bridgehead atoms. The average molecular weight is 281 g/mol. The highest BCUT2D eigenvalue weighted by Crippen LogP contribution is 2.30. The first-order valence-electron chi connectivity index (χ1n) is 7.66. The van der Waals surface area contributed by atoms with E-state index in [0.29, 0.717) is 0 Å². The molecule has 1 aliphatic rings. The number of anilines is 1. The van der Waals surface area contributed by atoms with Crippen molar-refractivity contribution in [2.75, 3.05) is 25.0 Å². The zero-order chi connectivity index (χ0) is 13.7. The Hall–Kier alpha value is -0.610. The fourth-order valence-corrected chi connectivity index (χ4v) is 4.06. The van der Waals surface area contributed by atoms with Crippen LogP contribution in [-0.4, -0.2) is 25.1 Å². The fraction of sp³-hybridized carbons (Fsp3) is 0.800. The van der Waals surface area contributed by atoms with Crippen LogP contribution in [0.15, 0.2) is 0 Å². The number of hydrogen-bond acceptors (Lipinski definition) is 4. The summed E-state index contributed by atoms with van der Waals surface area (Å²) in [5.74, 6) is 0.924. The van der Waals surface area contributed by atoms with Gasteiger partial charge in [0.2, 0.25) is 0 Å². The maximum Gasteiger partial charge on any atom is 0.185 e. The zero-order valence-corrected chi connectivity index (χ0v) is 13.4. The Morgan fingerprint density at radius 1 is 1.32 bits per heavy atom. The summed E-state index contributed by atoms with van der Waals surface area (Å²) in [4.78, 5) is 8.79. The Morgan fingerprint density at radius 3 is 2.84 bits per heavy atom. The van der Waals surface area contributed by atoms with Gasteiger partial charge >= 0.3 is 0 Å². The lowest BCUT2D eigenvalue weighted by Crippen LogP contribution is -2.24. The summed E-state index contributed by atoms with van der Waals surface area (Å²) in [7, 11) is 2.01. The largest absolute Gasteiger partial charge is 0.348 e. The van der Waals surface area contributed by atoms with Crippen molar-refractivity contribution in [3.63, 3.8) is 0 Å². The van der Waals surface area contributed by atoms with E-state index in [1.807, 2.05) is 18.4 Å². The molecule has 2 rings (SSSR count). The van der Waals surface area contributed by atoms with Gasteiger partial charge in [0.1, 0.15) is 0 Å². The van der Waals surface area contributed by atoms with Gasteiger partial charge in [0, 0.05) is 24.5 Å². The molecule has 1 fully saturated rings. The molecule has 0 aliphatic carbocycles. The second-order valence-electron chi connectivity index (χ2n) is 5.44. The Labute approximate surface area is 121 Å². The van der Waals surface area contributed by atoms with E-state index >= 15 is 0 Å². The van der Waals surface area contributed by atoms with Crippen LogP contribution in [0.25, 0.3) is 0 Å². The highest BCUT2D eigenvalue weighted by atomic mass is 32.1. The van der Waals surface area contributed by atoms with E-state index in [0.717, 1.165) is 18.9 Å². The third-order valence-electron chi connectivity index (χ3n) is 4.13. The molecule has 0 spiro atoms. The van der Waals surface area contributed by atoms with Gasteiger partial charge in [0.25, 0.3) is 0 Å². The molecular weight excluding hydrogens is 254 g/mol. The first-order valence-corrected chi connectivity index (χ1v) is 8.48. The van der Waals surface area contributed by atoms with Gasteiger partial charge in [-0.05, 0) is 38.6 Å². The average Bonchev–Trinajstić information content (AvgIpc) is 2.68. The molecule has 2 heterocycles. The number of nitrogens with zero attached hydrogens (tertiary/aromatic N) is 2. The van der Waals surface area contributed by atoms with Crippen LogP contribution < -0.4 is 10.2 Å². The minimum Gasteiger partial charge on any atom is -0.348 e. The van der Waals surface area contributed by atoms with E-state index < -0.39 is 0 Å². The summed E-state index contributed by atoms with van der Waals surface area (Å²) in [6.45, 7) is 7.85. The molecule has 19 heavy (non-hydrogen) atoms. The van der Waals surface area contributed by atoms with E-state index in [1.165, 1.54) is 54.5 Å². The maximum atomic E-state index is 4.87. The van der Waals surface area contributed by atoms with Crippen molar-refractivity contribution in [1.82, 2.24) is 10.3 Å². The summed E-state index contributed by atoms with van der Waals surface area (Å²) in [5.41, 5.74) is 1.28. The zero-order valence-electron chi connectivity index (χ0n) is 12.5. The normalized spacial score (nSPS) is 20.6. The van der Waals surface area contributed by atoms with Gasteiger partial charge in [-0.1, -0.05) is 20.3 Å². The highest BCUT2D eigenvalue weighted by Gasteiger charge is 2.19. The maximum absolute atomic E-state index is 4.87. The predicted molar refractivity (Wildman–Crippen MR) is 84.1 cm³/mol. The molecule has 1 aliphatic heterocycles. The van der Waals surface area contributed by atoms with Crippen LogP contribution in [0.2, 0.25) is 0 Å². The molecule has 1 aromatic heterocycles. The molecule has 0 radical (unpaired) electrons. The Balaban J connectivity index is 2.08. The van der Waals surface area contributed by atoms with Crippen LogP contribution >= 0.6 is 11.3 Å². The second-order valence-corrected chi connectivity index (χ2v) is 6.50. The van der Waals surface area contributed by atoms with Crippen molar-refractivity contribution in [3.05, 3.63) is 10.6 Å². The molecule has 3 nitrogen and oxygen atoms in total. The summed E-state index contributed by atoms with van der Waals surface area (Å²) in [6, 6.07) is 0. The van der Waals surface area contributed by atoms with E-state index in [9.17, 15) is 0 Å². The van der Waals surface area contributed by atoms with Crippen LogP contribution in [0.1, 0.15) is 50.1 Å². The molecular formula is C15H27N3S. The molecule has 1 atom stereocenters. The van der Waals surface area contributed by atoms with E-state index in [1.54, 1.807) is 0 Å². The smallest absolute Gasteiger partial charge is 0.185 e. The highest BCUT2D eigenvalue weighted by molar-refractivity contribution is 7.15. The van der Waals surface area contributed by atoms with Gasteiger partial charge in [0.15, 0.2) is 5.13 Å². The summed E-state index contributed by atoms with van der Waals surface area (Å²) in [5, 5.41) is 4.50. The van der Waals surface area contributed by atoms with Gasteiger partial charge in [-0.2, -0.15) is 0 Å². The first kappa shape index (κ1) is 14.8. The third-order valence-corrected chi connectivity index (χ3v) is 5.29. The summed E-state index contributed by atoms with van der Waals surface area (Å²) in [6.07, 6.45) is 6.41. The van der Waals surface area contributed by atoms with Gasteiger partial charge in [-0.3, -0.25) is 0 Å². The number of aromatic nitrogens is 1. The number of rotatable bonds is 5. The molecule has 1 N–H and O–H groups in total. The van der Waals surface area contributed by atoms with Crippen molar-refractivity contribution in [1.29, 1.82) is 0 Å². The monoisotopic (exact) mass is 281 g/mol. The molecule has 0 aromatic carbocycles. The van der Waals surface area contributed by atoms with Crippen LogP contribution in [0.4, 0.5) is 5.13 Å². The second kappa shape index (κ2) is 7.25. The standard InChI is InChI=1S/C15H27N3S/c1-4-12-7-6-9-18(10-8-12)15-17-13(5-2)14(19-15)11-16-3/h12,16H,4-11H2,1-3H3. The molecule has 1 aromatic rings. The van der Waals surface area contributed by atoms with E-state index in [2.05, 4.69) is 24.1 Å². The molecule has 4 heteroatoms. The molecule has 1 unspecified atom stereocenters. The van der Waals surface area contributed by atoms with Gasteiger partial charge in [0.05, 0.1) is 5.69 Å². The van der Waals surface area contributed by atoms with Crippen molar-refractivity contribution in [2.24, 2.45) is 5.92 Å². The number of thiazole rings is 1. The molecule has 0 saturated carbocycles. The van der Waals surface area contributed by atoms with Gasteiger partial charge < -0.3 is 10.2 Å². The van der Waals surface area contributed by atoms with E-state index in [4.69, 9.17) is 4.98 Å². The fourth-order valence-electron chi connectivity index (χ4n) is 2.84. The predicted octanol–water partition coefficient (Wildman–Crippen LogP) is 3.44. The van der Waals surface area contributed by atoms with Crippen molar-refractivity contribution >= 4 is 16.5 Å². The Kier molecular flexibility index (Phi) is 5.64. The molecule has 108 valence electrons. The summed E-state index contributed by atoms with van der Waals surface area (Å²) >= 11 is 1.89. The number of hydrogen-bond donors (Lipinski definition) is 1. The minimum absolute atomic E-state index is 0.924. The number of aryl methyl sites for hydroxylation is 1. The van der Waals surface area contributed by atoms with Gasteiger partial charge in [-0.15, -0.1) is 11.3 Å². The van der Waals surface area contributed by atoms with E-state index in [-0.39, 0.29) is 0 Å². The lowest BCUT2D eigenvalue weighted by molar-refractivity contribution is 0.459. The Bertz CT molecular complexity index is 389. The first-order chi connectivity index (χ1) is 9.28. The lowest BCUT2D eigenvalue weighted by Gasteiger charge is -2.19. The molecule has 0 amide bonds. The Morgan fingerprint density at radius 2 is 2.16 bits per heavy atom. The molecule has 1 saturated heterocycles. The summed E-state index contributed by atoms with van der Waals surface area (Å²) < 4.78 is 0. The third kappa shape index (κ3) is 3.69. The quantitative estimate of drug-likeness (QED) is 0.896. The SMILES string of the molecule is CCc1nc(N2CCCC(CC)CC2)sc1CNC. The lowest BCUT2D eigenvalue weighted by atomic mass is 9.98. The van der Waals surface area contributed by atoms with Gasteiger partial charge in [-0.25, -0.2) is 4.98 Å². The van der Waals surface area contributed by atoms with Crippen molar-refractivity contribution in [3.8, 4) is 0 Å². The topological polar surface area (TPSA) is 28.2 Å². The van der Waals surface area contributed by atoms with Crippen LogP contribution in [-0.2, 0) is 13.0 Å². The van der Waals surface area contributed by atoms with Crippen molar-refractivity contribution < 1.29 is 0 Å².